The highest BCUT2D eigenvalue weighted by Gasteiger charge is 2.15. The van der Waals surface area contributed by atoms with Gasteiger partial charge in [0.25, 0.3) is 0 Å². The van der Waals surface area contributed by atoms with Crippen molar-refractivity contribution in [3.63, 3.8) is 0 Å². The number of nitrogens with zero attached hydrogens (tertiary/aromatic N) is 3. The summed E-state index contributed by atoms with van der Waals surface area (Å²) in [6, 6.07) is 17.9. The normalized spacial score (nSPS) is 13.0. The Morgan fingerprint density at radius 1 is 0.923 bits per heavy atom. The number of carbonyl (C=O) groups is 1. The van der Waals surface area contributed by atoms with Gasteiger partial charge in [-0.05, 0) is 60.7 Å². The Balaban J connectivity index is 1.51. The first-order valence-electron chi connectivity index (χ1n) is 12.3. The minimum Gasteiger partial charge on any atom is -0.378 e. The van der Waals surface area contributed by atoms with Gasteiger partial charge >= 0.3 is 0 Å². The zero-order valence-corrected chi connectivity index (χ0v) is 21.0. The maximum absolute atomic E-state index is 14.6. The number of rotatable bonds is 8. The lowest BCUT2D eigenvalue weighted by molar-refractivity contribution is -0.111. The number of nitrogens with one attached hydrogen (secondary N) is 3. The summed E-state index contributed by atoms with van der Waals surface area (Å²) in [5.41, 5.74) is 3.65. The molecule has 0 radical (unpaired) electrons. The van der Waals surface area contributed by atoms with E-state index in [4.69, 9.17) is 4.74 Å². The summed E-state index contributed by atoms with van der Waals surface area (Å²) < 4.78 is 33.9. The number of halogens is 2. The highest BCUT2D eigenvalue weighted by atomic mass is 19.1. The van der Waals surface area contributed by atoms with E-state index in [-0.39, 0.29) is 11.6 Å². The highest BCUT2D eigenvalue weighted by molar-refractivity contribution is 5.99. The van der Waals surface area contributed by atoms with Crippen LogP contribution in [-0.4, -0.2) is 42.2 Å². The lowest BCUT2D eigenvalue weighted by Gasteiger charge is -2.29. The Labute approximate surface area is 224 Å². The number of hydrogen-bond acceptors (Lipinski definition) is 7. The van der Waals surface area contributed by atoms with Gasteiger partial charge in [0.2, 0.25) is 11.9 Å². The predicted octanol–water partition coefficient (Wildman–Crippen LogP) is 5.87. The topological polar surface area (TPSA) is 91.4 Å². The molecule has 0 atom stereocenters. The lowest BCUT2D eigenvalue weighted by Crippen LogP contribution is -2.36. The van der Waals surface area contributed by atoms with E-state index in [1.807, 2.05) is 24.3 Å². The zero-order valence-electron chi connectivity index (χ0n) is 21.0. The van der Waals surface area contributed by atoms with Crippen LogP contribution in [0.5, 0.6) is 0 Å². The second kappa shape index (κ2) is 11.7. The minimum atomic E-state index is -0.574. The summed E-state index contributed by atoms with van der Waals surface area (Å²) in [7, 11) is 0. The summed E-state index contributed by atoms with van der Waals surface area (Å²) >= 11 is 0. The van der Waals surface area contributed by atoms with Crippen LogP contribution in [0.25, 0.3) is 11.3 Å². The molecular weight excluding hydrogens is 502 g/mol. The van der Waals surface area contributed by atoms with Crippen molar-refractivity contribution in [3.05, 3.63) is 97.2 Å². The molecule has 0 saturated carbocycles. The summed E-state index contributed by atoms with van der Waals surface area (Å²) in [6.07, 6.45) is 2.63. The number of ether oxygens (including phenoxy) is 1. The largest absolute Gasteiger partial charge is 0.378 e. The van der Waals surface area contributed by atoms with Gasteiger partial charge in [0.15, 0.2) is 0 Å². The van der Waals surface area contributed by atoms with E-state index < -0.39 is 17.5 Å². The number of morpholine rings is 1. The molecule has 1 fully saturated rings. The number of benzene rings is 3. The lowest BCUT2D eigenvalue weighted by atomic mass is 10.1. The molecule has 198 valence electrons. The van der Waals surface area contributed by atoms with Gasteiger partial charge in [-0.1, -0.05) is 18.7 Å². The van der Waals surface area contributed by atoms with Crippen molar-refractivity contribution in [2.45, 2.75) is 0 Å². The SMILES string of the molecule is C=CC(=O)Nc1cc(F)cc(-c2nc(Nc3cccc(N4CCOCC4)c3)ncc2Nc2cccc(F)c2)c1. The molecule has 4 aromatic rings. The Morgan fingerprint density at radius 3 is 2.44 bits per heavy atom. The first-order valence-corrected chi connectivity index (χ1v) is 12.3. The average molecular weight is 529 g/mol. The van der Waals surface area contributed by atoms with Crippen LogP contribution < -0.4 is 20.9 Å². The van der Waals surface area contributed by atoms with Gasteiger partial charge in [-0.15, -0.1) is 0 Å². The van der Waals surface area contributed by atoms with Gasteiger partial charge in [-0.2, -0.15) is 0 Å². The van der Waals surface area contributed by atoms with E-state index in [2.05, 4.69) is 37.4 Å². The molecule has 3 N–H and O–H groups in total. The summed E-state index contributed by atoms with van der Waals surface area (Å²) in [4.78, 5) is 23.2. The van der Waals surface area contributed by atoms with Crippen LogP contribution in [0.4, 0.5) is 43.2 Å². The van der Waals surface area contributed by atoms with Crippen molar-refractivity contribution in [1.82, 2.24) is 9.97 Å². The molecule has 0 unspecified atom stereocenters. The fourth-order valence-corrected chi connectivity index (χ4v) is 4.20. The number of aromatic nitrogens is 2. The van der Waals surface area contributed by atoms with E-state index >= 15 is 0 Å². The van der Waals surface area contributed by atoms with E-state index in [1.165, 1.54) is 30.5 Å². The summed E-state index contributed by atoms with van der Waals surface area (Å²) in [5.74, 6) is -1.19. The molecule has 1 saturated heterocycles. The Hall–Kier alpha value is -4.83. The number of amides is 1. The molecular formula is C29H26F2N6O2. The summed E-state index contributed by atoms with van der Waals surface area (Å²) in [5, 5.41) is 8.90. The standard InChI is InChI=1S/C29H26F2N6O2/c1-2-27(38)34-24-14-19(13-21(31)16-24)28-26(33-22-6-3-5-20(30)15-22)18-32-29(36-28)35-23-7-4-8-25(17-23)37-9-11-39-12-10-37/h2-8,13-18,33H,1,9-12H2,(H,34,38)(H,32,35,36). The summed E-state index contributed by atoms with van der Waals surface area (Å²) in [6.45, 7) is 6.38. The van der Waals surface area contributed by atoms with Crippen LogP contribution in [0.1, 0.15) is 0 Å². The molecule has 39 heavy (non-hydrogen) atoms. The predicted molar refractivity (Wildman–Crippen MR) is 149 cm³/mol. The Morgan fingerprint density at radius 2 is 1.67 bits per heavy atom. The molecule has 3 aromatic carbocycles. The van der Waals surface area contributed by atoms with Gasteiger partial charge < -0.3 is 25.6 Å². The molecule has 10 heteroatoms. The number of anilines is 6. The van der Waals surface area contributed by atoms with Crippen LogP contribution in [0.15, 0.2) is 85.6 Å². The van der Waals surface area contributed by atoms with Gasteiger partial charge in [0, 0.05) is 41.4 Å². The maximum atomic E-state index is 14.6. The Kier molecular flexibility index (Phi) is 7.74. The molecule has 0 spiro atoms. The van der Waals surface area contributed by atoms with Gasteiger partial charge in [-0.3, -0.25) is 4.79 Å². The third-order valence-corrected chi connectivity index (χ3v) is 6.00. The van der Waals surface area contributed by atoms with Crippen LogP contribution in [0, 0.1) is 11.6 Å². The van der Waals surface area contributed by atoms with Crippen molar-refractivity contribution in [1.29, 1.82) is 0 Å². The molecule has 8 nitrogen and oxygen atoms in total. The zero-order chi connectivity index (χ0) is 27.2. The van der Waals surface area contributed by atoms with Crippen molar-refractivity contribution in [2.75, 3.05) is 47.2 Å². The molecule has 0 aliphatic carbocycles. The van der Waals surface area contributed by atoms with Gasteiger partial charge in [-0.25, -0.2) is 18.7 Å². The van der Waals surface area contributed by atoms with Gasteiger partial charge in [0.1, 0.15) is 11.6 Å². The van der Waals surface area contributed by atoms with Crippen LogP contribution in [-0.2, 0) is 9.53 Å². The van der Waals surface area contributed by atoms with Crippen LogP contribution >= 0.6 is 0 Å². The van der Waals surface area contributed by atoms with Crippen molar-refractivity contribution in [2.24, 2.45) is 0 Å². The molecule has 5 rings (SSSR count). The smallest absolute Gasteiger partial charge is 0.247 e. The van der Waals surface area contributed by atoms with E-state index in [0.717, 1.165) is 30.5 Å². The number of hydrogen-bond donors (Lipinski definition) is 3. The maximum Gasteiger partial charge on any atom is 0.247 e. The molecule has 0 bridgehead atoms. The second-order valence-corrected chi connectivity index (χ2v) is 8.79. The first-order chi connectivity index (χ1) is 19.0. The van der Waals surface area contributed by atoms with Crippen molar-refractivity contribution in [3.8, 4) is 11.3 Å². The first kappa shape index (κ1) is 25.8. The fourth-order valence-electron chi connectivity index (χ4n) is 4.20. The quantitative estimate of drug-likeness (QED) is 0.246. The fraction of sp³-hybridized carbons (Fsp3) is 0.138. The molecule has 1 aliphatic heterocycles. The molecule has 1 aliphatic rings. The minimum absolute atomic E-state index is 0.234. The second-order valence-electron chi connectivity index (χ2n) is 8.79. The van der Waals surface area contributed by atoms with E-state index in [9.17, 15) is 13.6 Å². The Bertz CT molecular complexity index is 1510. The molecule has 1 aromatic heterocycles. The average Bonchev–Trinajstić information content (AvgIpc) is 2.94. The third kappa shape index (κ3) is 6.55. The van der Waals surface area contributed by atoms with Crippen LogP contribution in [0.3, 0.4) is 0 Å². The van der Waals surface area contributed by atoms with Crippen molar-refractivity contribution >= 4 is 40.3 Å². The van der Waals surface area contributed by atoms with Crippen LogP contribution in [0.2, 0.25) is 0 Å². The monoisotopic (exact) mass is 528 g/mol. The third-order valence-electron chi connectivity index (χ3n) is 6.00. The van der Waals surface area contributed by atoms with E-state index in [0.29, 0.717) is 35.8 Å². The molecule has 2 heterocycles. The number of carbonyl (C=O) groups excluding carboxylic acids is 1. The van der Waals surface area contributed by atoms with Crippen molar-refractivity contribution < 1.29 is 18.3 Å². The van der Waals surface area contributed by atoms with E-state index in [1.54, 1.807) is 18.2 Å². The highest BCUT2D eigenvalue weighted by Crippen LogP contribution is 2.32. The van der Waals surface area contributed by atoms with Gasteiger partial charge in [0.05, 0.1) is 30.8 Å². The molecule has 1 amide bonds.